The average molecular weight is 352 g/mol. The molecule has 0 atom stereocenters. The van der Waals surface area contributed by atoms with E-state index < -0.39 is 4.92 Å². The van der Waals surface area contributed by atoms with Gasteiger partial charge in [0.25, 0.3) is 0 Å². The molecule has 2 rings (SSSR count). The third-order valence-electron chi connectivity index (χ3n) is 2.92. The Labute approximate surface area is 130 Å². The molecular weight excluding hydrogens is 338 g/mol. The van der Waals surface area contributed by atoms with Gasteiger partial charge in [0.1, 0.15) is 17.1 Å². The number of halogens is 1. The third kappa shape index (κ3) is 3.25. The summed E-state index contributed by atoms with van der Waals surface area (Å²) in [7, 11) is 3.21. The Hall–Kier alpha value is -2.28. The zero-order valence-electron chi connectivity index (χ0n) is 11.5. The molecule has 0 spiro atoms. The second kappa shape index (κ2) is 6.45. The normalized spacial score (nSPS) is 10.0. The first-order valence-corrected chi connectivity index (χ1v) is 6.92. The molecule has 21 heavy (non-hydrogen) atoms. The summed E-state index contributed by atoms with van der Waals surface area (Å²) in [5.74, 6) is 0.646. The maximum Gasteiger partial charge on any atom is 0.315 e. The van der Waals surface area contributed by atoms with Crippen LogP contribution < -0.4 is 15.4 Å². The topological polar surface area (TPSA) is 76.4 Å². The van der Waals surface area contributed by atoms with Gasteiger partial charge in [-0.15, -0.1) is 0 Å². The molecule has 0 saturated carbocycles. The number of para-hydroxylation sites is 1. The number of hydrogen-bond acceptors (Lipinski definition) is 5. The van der Waals surface area contributed by atoms with Crippen molar-refractivity contribution < 1.29 is 9.66 Å². The van der Waals surface area contributed by atoms with Crippen molar-refractivity contribution in [3.63, 3.8) is 0 Å². The highest BCUT2D eigenvalue weighted by Gasteiger charge is 2.19. The number of hydrogen-bond donors (Lipinski definition) is 2. The molecule has 6 nitrogen and oxygen atoms in total. The highest BCUT2D eigenvalue weighted by molar-refractivity contribution is 9.10. The molecular formula is C14H14BrN3O3. The summed E-state index contributed by atoms with van der Waals surface area (Å²) in [6.45, 7) is 0. The molecule has 110 valence electrons. The van der Waals surface area contributed by atoms with E-state index in [9.17, 15) is 10.1 Å². The van der Waals surface area contributed by atoms with Gasteiger partial charge in [-0.2, -0.15) is 0 Å². The fraction of sp³-hybridized carbons (Fsp3) is 0.143. The molecule has 0 heterocycles. The maximum absolute atomic E-state index is 11.3. The van der Waals surface area contributed by atoms with E-state index in [-0.39, 0.29) is 5.69 Å². The molecule has 0 fully saturated rings. The monoisotopic (exact) mass is 351 g/mol. The van der Waals surface area contributed by atoms with Crippen LogP contribution in [0.1, 0.15) is 0 Å². The van der Waals surface area contributed by atoms with Crippen molar-refractivity contribution in [1.29, 1.82) is 0 Å². The molecule has 2 N–H and O–H groups in total. The van der Waals surface area contributed by atoms with Gasteiger partial charge in [0.2, 0.25) is 0 Å². The van der Waals surface area contributed by atoms with Gasteiger partial charge in [-0.1, -0.05) is 6.07 Å². The summed E-state index contributed by atoms with van der Waals surface area (Å²) in [6.07, 6.45) is 0. The Morgan fingerprint density at radius 2 is 1.95 bits per heavy atom. The third-order valence-corrected chi connectivity index (χ3v) is 3.57. The van der Waals surface area contributed by atoms with Crippen LogP contribution in [0.4, 0.5) is 22.7 Å². The first-order chi connectivity index (χ1) is 10.1. The predicted molar refractivity (Wildman–Crippen MR) is 86.6 cm³/mol. The lowest BCUT2D eigenvalue weighted by atomic mass is 10.2. The summed E-state index contributed by atoms with van der Waals surface area (Å²) in [5, 5.41) is 17.1. The van der Waals surface area contributed by atoms with E-state index >= 15 is 0 Å². The molecule has 0 bridgehead atoms. The minimum atomic E-state index is -0.412. The SMILES string of the molecule is CNc1cccc(Nc2ccc(Br)c(OC)c2)c1[N+](=O)[O-]. The van der Waals surface area contributed by atoms with Crippen molar-refractivity contribution in [2.24, 2.45) is 0 Å². The zero-order chi connectivity index (χ0) is 15.4. The molecule has 0 aliphatic heterocycles. The molecule has 0 aliphatic rings. The molecule has 2 aromatic carbocycles. The highest BCUT2D eigenvalue weighted by atomic mass is 79.9. The summed E-state index contributed by atoms with van der Waals surface area (Å²) >= 11 is 3.37. The maximum atomic E-state index is 11.3. The fourth-order valence-electron chi connectivity index (χ4n) is 1.94. The molecule has 0 unspecified atom stereocenters. The summed E-state index contributed by atoms with van der Waals surface area (Å²) in [4.78, 5) is 10.8. The number of methoxy groups -OCH3 is 1. The standard InChI is InChI=1S/C14H14BrN3O3/c1-16-11-4-3-5-12(14(11)18(19)20)17-9-6-7-10(15)13(8-9)21-2/h3-8,16-17H,1-2H3. The van der Waals surface area contributed by atoms with Gasteiger partial charge in [-0.05, 0) is 40.2 Å². The van der Waals surface area contributed by atoms with Crippen molar-refractivity contribution in [3.05, 3.63) is 51.0 Å². The molecule has 7 heteroatoms. The number of benzene rings is 2. The van der Waals surface area contributed by atoms with Crippen molar-refractivity contribution in [2.75, 3.05) is 24.8 Å². The minimum absolute atomic E-state index is 0.00175. The van der Waals surface area contributed by atoms with Crippen molar-refractivity contribution >= 4 is 38.7 Å². The van der Waals surface area contributed by atoms with E-state index in [1.165, 1.54) is 0 Å². The van der Waals surface area contributed by atoms with Crippen LogP contribution in [-0.4, -0.2) is 19.1 Å². The number of nitro groups is 1. The number of nitro benzene ring substituents is 1. The lowest BCUT2D eigenvalue weighted by Crippen LogP contribution is -2.01. The van der Waals surface area contributed by atoms with Gasteiger partial charge in [0.15, 0.2) is 0 Å². The van der Waals surface area contributed by atoms with Crippen molar-refractivity contribution in [2.45, 2.75) is 0 Å². The van der Waals surface area contributed by atoms with Crippen LogP contribution in [0.25, 0.3) is 0 Å². The minimum Gasteiger partial charge on any atom is -0.495 e. The lowest BCUT2D eigenvalue weighted by molar-refractivity contribution is -0.383. The van der Waals surface area contributed by atoms with Crippen LogP contribution in [-0.2, 0) is 0 Å². The lowest BCUT2D eigenvalue weighted by Gasteiger charge is -2.11. The van der Waals surface area contributed by atoms with Crippen LogP contribution in [0.2, 0.25) is 0 Å². The number of anilines is 3. The Morgan fingerprint density at radius 1 is 1.24 bits per heavy atom. The summed E-state index contributed by atoms with van der Waals surface area (Å²) < 4.78 is 6.03. The average Bonchev–Trinajstić information content (AvgIpc) is 2.48. The summed E-state index contributed by atoms with van der Waals surface area (Å²) in [5.41, 5.74) is 1.57. The number of nitrogens with zero attached hydrogens (tertiary/aromatic N) is 1. The van der Waals surface area contributed by atoms with Crippen LogP contribution in [0.5, 0.6) is 5.75 Å². The number of nitrogens with one attached hydrogen (secondary N) is 2. The number of ether oxygens (including phenoxy) is 1. The van der Waals surface area contributed by atoms with Crippen molar-refractivity contribution in [1.82, 2.24) is 0 Å². The van der Waals surface area contributed by atoms with Crippen LogP contribution in [0.3, 0.4) is 0 Å². The molecule has 0 aromatic heterocycles. The van der Waals surface area contributed by atoms with E-state index in [0.29, 0.717) is 22.8 Å². The van der Waals surface area contributed by atoms with E-state index in [0.717, 1.165) is 4.47 Å². The van der Waals surface area contributed by atoms with E-state index in [1.54, 1.807) is 38.4 Å². The first-order valence-electron chi connectivity index (χ1n) is 6.12. The highest BCUT2D eigenvalue weighted by Crippen LogP contribution is 2.36. The van der Waals surface area contributed by atoms with Crippen LogP contribution in [0, 0.1) is 10.1 Å². The molecule has 0 radical (unpaired) electrons. The Balaban J connectivity index is 2.42. The second-order valence-corrected chi connectivity index (χ2v) is 5.04. The van der Waals surface area contributed by atoms with E-state index in [4.69, 9.17) is 4.74 Å². The van der Waals surface area contributed by atoms with Gasteiger partial charge < -0.3 is 15.4 Å². The van der Waals surface area contributed by atoms with Gasteiger partial charge in [-0.25, -0.2) is 0 Å². The molecule has 0 amide bonds. The Kier molecular flexibility index (Phi) is 4.64. The number of rotatable bonds is 5. The van der Waals surface area contributed by atoms with Crippen LogP contribution >= 0.6 is 15.9 Å². The van der Waals surface area contributed by atoms with Gasteiger partial charge >= 0.3 is 5.69 Å². The van der Waals surface area contributed by atoms with Gasteiger partial charge in [0, 0.05) is 18.8 Å². The second-order valence-electron chi connectivity index (χ2n) is 4.18. The van der Waals surface area contributed by atoms with E-state index in [2.05, 4.69) is 26.6 Å². The summed E-state index contributed by atoms with van der Waals surface area (Å²) in [6, 6.07) is 10.5. The Bertz CT molecular complexity index is 677. The largest absolute Gasteiger partial charge is 0.495 e. The quantitative estimate of drug-likeness (QED) is 0.624. The Morgan fingerprint density at radius 3 is 2.57 bits per heavy atom. The van der Waals surface area contributed by atoms with E-state index in [1.807, 2.05) is 12.1 Å². The molecule has 2 aromatic rings. The molecule has 0 aliphatic carbocycles. The molecule has 0 saturated heterocycles. The van der Waals surface area contributed by atoms with Crippen LogP contribution in [0.15, 0.2) is 40.9 Å². The van der Waals surface area contributed by atoms with Gasteiger partial charge in [0.05, 0.1) is 16.5 Å². The van der Waals surface area contributed by atoms with Gasteiger partial charge in [-0.3, -0.25) is 10.1 Å². The first kappa shape index (κ1) is 15.1. The fourth-order valence-corrected chi connectivity index (χ4v) is 2.34. The van der Waals surface area contributed by atoms with Crippen molar-refractivity contribution in [3.8, 4) is 5.75 Å². The predicted octanol–water partition coefficient (Wildman–Crippen LogP) is 4.15. The smallest absolute Gasteiger partial charge is 0.315 e. The zero-order valence-corrected chi connectivity index (χ0v) is 13.1.